The maximum Gasteiger partial charge on any atom is 0.266 e. The van der Waals surface area contributed by atoms with Crippen LogP contribution >= 0.6 is 0 Å². The number of aromatic amines is 1. The second-order valence-corrected chi connectivity index (χ2v) is 6.53. The molecule has 2 rings (SSSR count). The van der Waals surface area contributed by atoms with Gasteiger partial charge in [-0.3, -0.25) is 14.6 Å². The van der Waals surface area contributed by atoms with Crippen molar-refractivity contribution in [2.75, 3.05) is 14.1 Å². The molecule has 2 aromatic rings. The van der Waals surface area contributed by atoms with Crippen LogP contribution in [0, 0.1) is 0 Å². The number of sulfonamides is 1. The average molecular weight is 281 g/mol. The summed E-state index contributed by atoms with van der Waals surface area (Å²) in [7, 11) is 1.17. The number of aromatic nitrogens is 2. The van der Waals surface area contributed by atoms with E-state index in [-0.39, 0.29) is 10.5 Å². The van der Waals surface area contributed by atoms with E-state index in [2.05, 4.69) is 5.10 Å². The van der Waals surface area contributed by atoms with Crippen LogP contribution in [-0.2, 0) is 17.1 Å². The predicted octanol–water partition coefficient (Wildman–Crippen LogP) is 0.631. The molecular formula is C12H15N3O3S. The van der Waals surface area contributed by atoms with Gasteiger partial charge in [-0.2, -0.15) is 0 Å². The second-order valence-electron chi connectivity index (χ2n) is 4.38. The summed E-state index contributed by atoms with van der Waals surface area (Å²) in [4.78, 5) is 11.6. The number of nitrogens with one attached hydrogen (secondary N) is 1. The first-order valence-corrected chi connectivity index (χ1v) is 7.05. The largest absolute Gasteiger partial charge is 0.295 e. The number of nitrogens with zero attached hydrogens (tertiary/aromatic N) is 2. The summed E-state index contributed by atoms with van der Waals surface area (Å²) in [6.45, 7) is 0. The quantitative estimate of drug-likeness (QED) is 0.896. The zero-order valence-electron chi connectivity index (χ0n) is 10.9. The number of aryl methyl sites for hydroxylation is 1. The van der Waals surface area contributed by atoms with Crippen molar-refractivity contribution in [1.29, 1.82) is 0 Å². The van der Waals surface area contributed by atoms with Crippen molar-refractivity contribution in [3.8, 4) is 11.3 Å². The van der Waals surface area contributed by atoms with Crippen LogP contribution in [0.25, 0.3) is 11.3 Å². The Kier molecular flexibility index (Phi) is 3.34. The van der Waals surface area contributed by atoms with Crippen LogP contribution in [0.3, 0.4) is 0 Å². The van der Waals surface area contributed by atoms with Crippen LogP contribution in [0.4, 0.5) is 0 Å². The normalized spacial score (nSPS) is 12.0. The molecule has 0 aliphatic heterocycles. The lowest BCUT2D eigenvalue weighted by molar-refractivity contribution is 0.521. The molecule has 0 spiro atoms. The number of H-pyrrole nitrogens is 1. The van der Waals surface area contributed by atoms with Crippen molar-refractivity contribution in [2.24, 2.45) is 7.05 Å². The molecule has 0 saturated carbocycles. The smallest absolute Gasteiger partial charge is 0.266 e. The van der Waals surface area contributed by atoms with Crippen LogP contribution in [0.5, 0.6) is 0 Å². The third-order valence-electron chi connectivity index (χ3n) is 2.83. The van der Waals surface area contributed by atoms with E-state index in [4.69, 9.17) is 0 Å². The van der Waals surface area contributed by atoms with Gasteiger partial charge in [0.25, 0.3) is 5.56 Å². The minimum atomic E-state index is -3.42. The average Bonchev–Trinajstić information content (AvgIpc) is 2.69. The van der Waals surface area contributed by atoms with E-state index in [1.807, 2.05) is 0 Å². The summed E-state index contributed by atoms with van der Waals surface area (Å²) in [5, 5.41) is 2.89. The molecule has 6 nitrogen and oxygen atoms in total. The minimum Gasteiger partial charge on any atom is -0.295 e. The molecule has 0 fully saturated rings. The highest BCUT2D eigenvalue weighted by Crippen LogP contribution is 2.19. The van der Waals surface area contributed by atoms with Crippen LogP contribution in [0.2, 0.25) is 0 Å². The van der Waals surface area contributed by atoms with Crippen molar-refractivity contribution in [2.45, 2.75) is 4.90 Å². The summed E-state index contributed by atoms with van der Waals surface area (Å²) in [5.41, 5.74) is 1.27. The first-order valence-electron chi connectivity index (χ1n) is 5.61. The molecule has 1 aromatic heterocycles. The van der Waals surface area contributed by atoms with E-state index < -0.39 is 10.0 Å². The molecule has 102 valence electrons. The summed E-state index contributed by atoms with van der Waals surface area (Å²) < 4.78 is 26.3. The van der Waals surface area contributed by atoms with Crippen LogP contribution in [0.15, 0.2) is 40.0 Å². The molecule has 0 amide bonds. The Morgan fingerprint density at radius 1 is 1.16 bits per heavy atom. The fourth-order valence-electron chi connectivity index (χ4n) is 1.65. The van der Waals surface area contributed by atoms with Crippen molar-refractivity contribution < 1.29 is 8.42 Å². The van der Waals surface area contributed by atoms with E-state index in [0.29, 0.717) is 5.69 Å². The highest BCUT2D eigenvalue weighted by molar-refractivity contribution is 7.89. The third kappa shape index (κ3) is 2.47. The van der Waals surface area contributed by atoms with Gasteiger partial charge < -0.3 is 0 Å². The summed E-state index contributed by atoms with van der Waals surface area (Å²) in [6, 6.07) is 7.85. The maximum absolute atomic E-state index is 11.9. The minimum absolute atomic E-state index is 0.139. The molecule has 1 heterocycles. The van der Waals surface area contributed by atoms with E-state index in [1.54, 1.807) is 19.2 Å². The summed E-state index contributed by atoms with van der Waals surface area (Å²) in [5.74, 6) is 0. The van der Waals surface area contributed by atoms with Gasteiger partial charge in [-0.15, -0.1) is 0 Å². The van der Waals surface area contributed by atoms with Crippen molar-refractivity contribution in [3.05, 3.63) is 40.7 Å². The van der Waals surface area contributed by atoms with E-state index in [1.165, 1.54) is 37.0 Å². The van der Waals surface area contributed by atoms with E-state index >= 15 is 0 Å². The predicted molar refractivity (Wildman–Crippen MR) is 72.3 cm³/mol. The van der Waals surface area contributed by atoms with Gasteiger partial charge in [0.2, 0.25) is 10.0 Å². The highest BCUT2D eigenvalue weighted by atomic mass is 32.2. The first-order chi connectivity index (χ1) is 8.82. The lowest BCUT2D eigenvalue weighted by Crippen LogP contribution is -2.22. The Morgan fingerprint density at radius 2 is 1.74 bits per heavy atom. The van der Waals surface area contributed by atoms with Crippen LogP contribution in [-0.4, -0.2) is 36.6 Å². The number of hydrogen-bond acceptors (Lipinski definition) is 3. The Balaban J connectivity index is 2.42. The van der Waals surface area contributed by atoms with Gasteiger partial charge >= 0.3 is 0 Å². The lowest BCUT2D eigenvalue weighted by Gasteiger charge is -2.11. The Hall–Kier alpha value is -1.86. The molecule has 1 N–H and O–H groups in total. The second kappa shape index (κ2) is 4.67. The number of rotatable bonds is 3. The van der Waals surface area contributed by atoms with Crippen molar-refractivity contribution >= 4 is 10.0 Å². The molecule has 7 heteroatoms. The summed E-state index contributed by atoms with van der Waals surface area (Å²) >= 11 is 0. The van der Waals surface area contributed by atoms with Gasteiger partial charge in [0.1, 0.15) is 0 Å². The number of hydrogen-bond donors (Lipinski definition) is 1. The molecule has 0 saturated heterocycles. The molecular weight excluding hydrogens is 266 g/mol. The monoisotopic (exact) mass is 281 g/mol. The molecule has 0 aliphatic carbocycles. The van der Waals surface area contributed by atoms with Gasteiger partial charge in [0, 0.05) is 27.2 Å². The molecule has 0 atom stereocenters. The fraction of sp³-hybridized carbons (Fsp3) is 0.250. The van der Waals surface area contributed by atoms with Crippen LogP contribution < -0.4 is 5.56 Å². The highest BCUT2D eigenvalue weighted by Gasteiger charge is 2.16. The van der Waals surface area contributed by atoms with Crippen molar-refractivity contribution in [3.63, 3.8) is 0 Å². The van der Waals surface area contributed by atoms with Gasteiger partial charge in [-0.25, -0.2) is 12.7 Å². The van der Waals surface area contributed by atoms with E-state index in [0.717, 1.165) is 9.87 Å². The third-order valence-corrected chi connectivity index (χ3v) is 4.66. The molecule has 0 aliphatic rings. The first kappa shape index (κ1) is 13.6. The lowest BCUT2D eigenvalue weighted by atomic mass is 10.2. The molecule has 1 aromatic carbocycles. The molecule has 0 unspecified atom stereocenters. The van der Waals surface area contributed by atoms with Crippen molar-refractivity contribution in [1.82, 2.24) is 14.1 Å². The Labute approximate surface area is 111 Å². The maximum atomic E-state index is 11.9. The molecule has 0 bridgehead atoms. The van der Waals surface area contributed by atoms with Crippen LogP contribution in [0.1, 0.15) is 0 Å². The Bertz CT molecular complexity index is 739. The SMILES string of the molecule is CN(C)S(=O)(=O)c1ccc(-c2cc(=O)n(C)[nH]2)cc1. The van der Waals surface area contributed by atoms with E-state index in [9.17, 15) is 13.2 Å². The molecule has 0 radical (unpaired) electrons. The fourth-order valence-corrected chi connectivity index (χ4v) is 2.56. The summed E-state index contributed by atoms with van der Waals surface area (Å²) in [6.07, 6.45) is 0. The van der Waals surface area contributed by atoms with Gasteiger partial charge in [-0.05, 0) is 17.7 Å². The van der Waals surface area contributed by atoms with Gasteiger partial charge in [0.15, 0.2) is 0 Å². The standard InChI is InChI=1S/C12H15N3O3S/c1-14(2)19(17,18)10-6-4-9(5-7-10)11-8-12(16)15(3)13-11/h4-8,13H,1-3H3. The Morgan fingerprint density at radius 3 is 2.16 bits per heavy atom. The molecule has 19 heavy (non-hydrogen) atoms. The zero-order chi connectivity index (χ0) is 14.2. The topological polar surface area (TPSA) is 75.2 Å². The zero-order valence-corrected chi connectivity index (χ0v) is 11.7. The van der Waals surface area contributed by atoms with Gasteiger partial charge in [0.05, 0.1) is 10.6 Å². The number of benzene rings is 1. The van der Waals surface area contributed by atoms with Gasteiger partial charge in [-0.1, -0.05) is 12.1 Å².